The van der Waals surface area contributed by atoms with Gasteiger partial charge in [-0.15, -0.1) is 0 Å². The van der Waals surface area contributed by atoms with Crippen molar-refractivity contribution in [1.29, 1.82) is 0 Å². The van der Waals surface area contributed by atoms with Crippen LogP contribution in [0.25, 0.3) is 95.2 Å². The van der Waals surface area contributed by atoms with E-state index in [1.54, 1.807) is 0 Å². The molecule has 0 saturated carbocycles. The Kier molecular flexibility index (Phi) is 8.15. The molecular weight excluding hydrogens is 669 g/mol. The van der Waals surface area contributed by atoms with E-state index >= 15 is 0 Å². The molecule has 4 nitrogen and oxygen atoms in total. The average Bonchev–Trinajstić information content (AvgIpc) is 3.26. The van der Waals surface area contributed by atoms with Crippen molar-refractivity contribution >= 4 is 27.6 Å². The van der Waals surface area contributed by atoms with Gasteiger partial charge < -0.3 is 0 Å². The normalized spacial score (nSPS) is 12.2. The summed E-state index contributed by atoms with van der Waals surface area (Å²) in [6.07, 6.45) is 8.52. The van der Waals surface area contributed by atoms with E-state index in [4.69, 9.17) is 15.0 Å². The molecule has 0 atom stereocenters. The molecule has 0 spiro atoms. The topological polar surface area (TPSA) is 51.6 Å². The van der Waals surface area contributed by atoms with Crippen LogP contribution < -0.4 is 0 Å². The van der Waals surface area contributed by atoms with E-state index in [-0.39, 0.29) is 0 Å². The Morgan fingerprint density at radius 1 is 0.418 bits per heavy atom. The Labute approximate surface area is 320 Å². The fraction of sp³-hybridized carbons (Fsp3) is 0.0588. The highest BCUT2D eigenvalue weighted by molar-refractivity contribution is 6.13. The van der Waals surface area contributed by atoms with Gasteiger partial charge in [-0.1, -0.05) is 127 Å². The maximum absolute atomic E-state index is 5.25. The molecule has 0 amide bonds. The summed E-state index contributed by atoms with van der Waals surface area (Å²) in [6, 6.07) is 55.8. The molecule has 10 rings (SSSR count). The van der Waals surface area contributed by atoms with Gasteiger partial charge in [-0.25, -0.2) is 19.9 Å². The number of hydrogen-bond acceptors (Lipinski definition) is 4. The van der Waals surface area contributed by atoms with Gasteiger partial charge in [0.25, 0.3) is 0 Å². The first kappa shape index (κ1) is 32.6. The fourth-order valence-corrected chi connectivity index (χ4v) is 7.96. The Bertz CT molecular complexity index is 2870. The van der Waals surface area contributed by atoms with E-state index in [1.165, 1.54) is 32.7 Å². The molecule has 260 valence electrons. The van der Waals surface area contributed by atoms with Crippen LogP contribution in [0.2, 0.25) is 0 Å². The number of allylic oxidation sites excluding steroid dienone is 1. The first-order valence-corrected chi connectivity index (χ1v) is 18.8. The third kappa shape index (κ3) is 6.18. The zero-order chi connectivity index (χ0) is 36.7. The summed E-state index contributed by atoms with van der Waals surface area (Å²) in [4.78, 5) is 19.8. The molecule has 2 aromatic heterocycles. The van der Waals surface area contributed by atoms with E-state index in [9.17, 15) is 0 Å². The number of aromatic nitrogens is 4. The van der Waals surface area contributed by atoms with Crippen LogP contribution in [0.5, 0.6) is 0 Å². The smallest absolute Gasteiger partial charge is 0.160 e. The number of benzene rings is 7. The average molecular weight is 705 g/mol. The highest BCUT2D eigenvalue weighted by Gasteiger charge is 2.18. The van der Waals surface area contributed by atoms with Gasteiger partial charge in [-0.05, 0) is 117 Å². The van der Waals surface area contributed by atoms with Gasteiger partial charge in [0, 0.05) is 34.1 Å². The molecule has 0 fully saturated rings. The van der Waals surface area contributed by atoms with E-state index in [1.807, 2.05) is 31.3 Å². The monoisotopic (exact) mass is 704 g/mol. The summed E-state index contributed by atoms with van der Waals surface area (Å²) in [7, 11) is 0. The summed E-state index contributed by atoms with van der Waals surface area (Å²) >= 11 is 0. The predicted molar refractivity (Wildman–Crippen MR) is 227 cm³/mol. The first-order chi connectivity index (χ1) is 27.1. The number of nitrogens with zero attached hydrogens (tertiary/aromatic N) is 4. The number of aryl methyl sites for hydroxylation is 2. The number of fused-ring (bicyclic) bond motifs is 6. The Balaban J connectivity index is 1.21. The molecule has 1 aliphatic carbocycles. The van der Waals surface area contributed by atoms with Crippen molar-refractivity contribution in [3.05, 3.63) is 187 Å². The van der Waals surface area contributed by atoms with Gasteiger partial charge in [-0.2, -0.15) is 0 Å². The van der Waals surface area contributed by atoms with Crippen molar-refractivity contribution in [2.75, 3.05) is 0 Å². The van der Waals surface area contributed by atoms with E-state index in [0.29, 0.717) is 11.6 Å². The highest BCUT2D eigenvalue weighted by Crippen LogP contribution is 2.40. The molecule has 0 radical (unpaired) electrons. The van der Waals surface area contributed by atoms with Gasteiger partial charge in [0.15, 0.2) is 11.6 Å². The number of rotatable bonds is 6. The van der Waals surface area contributed by atoms with Crippen LogP contribution in [0.15, 0.2) is 170 Å². The maximum Gasteiger partial charge on any atom is 0.160 e. The van der Waals surface area contributed by atoms with Crippen LogP contribution in [0, 0.1) is 6.92 Å². The minimum atomic E-state index is 0.677. The second-order valence-electron chi connectivity index (χ2n) is 14.2. The molecule has 0 bridgehead atoms. The predicted octanol–water partition coefficient (Wildman–Crippen LogP) is 12.8. The van der Waals surface area contributed by atoms with Gasteiger partial charge >= 0.3 is 0 Å². The molecule has 0 aliphatic heterocycles. The van der Waals surface area contributed by atoms with Gasteiger partial charge in [0.05, 0.1) is 11.4 Å². The molecule has 4 heteroatoms. The molecule has 1 aliphatic rings. The molecule has 0 N–H and O–H groups in total. The SMILES string of the molecule is Cc1ccnc(-c2cccc(-c3cc(-c4ccc5c(c4)c4c(c6ccccc65)C=CCC4)cc(-c4nc(-c5ccccc5)cc(-c5ccccc5)n4)c3)c2)n1. The Morgan fingerprint density at radius 2 is 1.02 bits per heavy atom. The molecule has 55 heavy (non-hydrogen) atoms. The lowest BCUT2D eigenvalue weighted by Gasteiger charge is -2.19. The Hall–Kier alpha value is -7.04. The lowest BCUT2D eigenvalue weighted by Crippen LogP contribution is -1.98. The summed E-state index contributed by atoms with van der Waals surface area (Å²) < 4.78 is 0. The number of hydrogen-bond donors (Lipinski definition) is 0. The van der Waals surface area contributed by atoms with Crippen LogP contribution >= 0.6 is 0 Å². The second kappa shape index (κ2) is 13.7. The molecule has 9 aromatic rings. The second-order valence-corrected chi connectivity index (χ2v) is 14.2. The fourth-order valence-electron chi connectivity index (χ4n) is 7.96. The largest absolute Gasteiger partial charge is 0.237 e. The Morgan fingerprint density at radius 3 is 1.75 bits per heavy atom. The van der Waals surface area contributed by atoms with Crippen LogP contribution in [0.3, 0.4) is 0 Å². The summed E-state index contributed by atoms with van der Waals surface area (Å²) in [5.74, 6) is 1.39. The van der Waals surface area contributed by atoms with Crippen molar-refractivity contribution in [2.24, 2.45) is 0 Å². The summed E-state index contributed by atoms with van der Waals surface area (Å²) in [5.41, 5.74) is 13.9. The molecule has 2 heterocycles. The lowest BCUT2D eigenvalue weighted by atomic mass is 9.85. The molecule has 0 saturated heterocycles. The highest BCUT2D eigenvalue weighted by atomic mass is 14.9. The summed E-state index contributed by atoms with van der Waals surface area (Å²) in [5, 5.41) is 5.22. The minimum absolute atomic E-state index is 0.677. The van der Waals surface area contributed by atoms with E-state index in [2.05, 4.69) is 157 Å². The minimum Gasteiger partial charge on any atom is -0.237 e. The van der Waals surface area contributed by atoms with Gasteiger partial charge in [0.1, 0.15) is 0 Å². The molecule has 7 aromatic carbocycles. The van der Waals surface area contributed by atoms with Crippen molar-refractivity contribution in [3.63, 3.8) is 0 Å². The van der Waals surface area contributed by atoms with Crippen LogP contribution in [0.1, 0.15) is 23.2 Å². The maximum atomic E-state index is 5.25. The quantitative estimate of drug-likeness (QED) is 0.162. The zero-order valence-corrected chi connectivity index (χ0v) is 30.4. The van der Waals surface area contributed by atoms with Gasteiger partial charge in [0.2, 0.25) is 0 Å². The van der Waals surface area contributed by atoms with Crippen LogP contribution in [0.4, 0.5) is 0 Å². The third-order valence-corrected chi connectivity index (χ3v) is 10.7. The van der Waals surface area contributed by atoms with Crippen molar-refractivity contribution in [3.8, 4) is 67.5 Å². The third-order valence-electron chi connectivity index (χ3n) is 10.7. The van der Waals surface area contributed by atoms with Crippen molar-refractivity contribution in [2.45, 2.75) is 19.8 Å². The van der Waals surface area contributed by atoms with Crippen LogP contribution in [-0.4, -0.2) is 19.9 Å². The molecule has 0 unspecified atom stereocenters. The standard InChI is InChI=1S/C51H36N4/c1-33-25-26-52-50(53-33)38-18-12-17-36(27-38)39-28-40(37-23-24-46-44-21-9-8-19-42(44)43-20-10-11-22-45(43)47(46)31-37)30-41(29-39)51-54-48(34-13-4-2-5-14-34)32-49(55-51)35-15-6-3-7-16-35/h2-10,12-21,23-32H,11,22H2,1H3. The molecular formula is C51H36N4. The van der Waals surface area contributed by atoms with Crippen molar-refractivity contribution < 1.29 is 0 Å². The van der Waals surface area contributed by atoms with Crippen molar-refractivity contribution in [1.82, 2.24) is 19.9 Å². The zero-order valence-electron chi connectivity index (χ0n) is 30.4. The first-order valence-electron chi connectivity index (χ1n) is 18.8. The van der Waals surface area contributed by atoms with Crippen LogP contribution in [-0.2, 0) is 6.42 Å². The van der Waals surface area contributed by atoms with E-state index < -0.39 is 0 Å². The van der Waals surface area contributed by atoms with E-state index in [0.717, 1.165) is 74.4 Å². The van der Waals surface area contributed by atoms with Gasteiger partial charge in [-0.3, -0.25) is 0 Å². The lowest BCUT2D eigenvalue weighted by molar-refractivity contribution is 1.00. The summed E-state index contributed by atoms with van der Waals surface area (Å²) in [6.45, 7) is 2.00.